The Kier molecular flexibility index (Phi) is 6.68. The van der Waals surface area contributed by atoms with Crippen LogP contribution in [-0.4, -0.2) is 28.4 Å². The van der Waals surface area contributed by atoms with Gasteiger partial charge in [-0.15, -0.1) is 0 Å². The van der Waals surface area contributed by atoms with Crippen molar-refractivity contribution in [3.63, 3.8) is 0 Å². The van der Waals surface area contributed by atoms with Gasteiger partial charge in [-0.2, -0.15) is 0 Å². The van der Waals surface area contributed by atoms with Crippen molar-refractivity contribution >= 4 is 6.09 Å². The van der Waals surface area contributed by atoms with Gasteiger partial charge in [-0.1, -0.05) is 41.5 Å². The van der Waals surface area contributed by atoms with Gasteiger partial charge in [0, 0.05) is 5.54 Å². The number of fused-ring (bicyclic) bond motifs is 7. The number of hydrogen-bond donors (Lipinski definition) is 2. The van der Waals surface area contributed by atoms with Crippen molar-refractivity contribution in [2.45, 2.75) is 157 Å². The number of ether oxygens (including phenoxy) is 1. The molecule has 2 N–H and O–H groups in total. The zero-order valence-electron chi connectivity index (χ0n) is 27.4. The van der Waals surface area contributed by atoms with E-state index in [4.69, 9.17) is 4.74 Å². The van der Waals surface area contributed by atoms with E-state index >= 15 is 0 Å². The van der Waals surface area contributed by atoms with Gasteiger partial charge in [0.15, 0.2) is 0 Å². The van der Waals surface area contributed by atoms with E-state index < -0.39 is 5.60 Å². The molecule has 228 valence electrons. The van der Waals surface area contributed by atoms with Gasteiger partial charge in [-0.3, -0.25) is 0 Å². The third-order valence-corrected chi connectivity index (χ3v) is 15.3. The standard InChI is InChI=1S/C36H61NO3/c1-22(23-10-11-23)24-14-19-36(37-30(39)40-31(2,3)4)21-20-34(8)25(29(24)36)12-13-27-33(7)17-16-28(38)32(5,6)26(33)15-18-35(27,34)9/h22-29,38H,10-21H2,1-9H3,(H,37,39)/t22?,24-,25+,26-,27+,28-,29+,33-,34+,35+,36?/m0/s1. The predicted molar refractivity (Wildman–Crippen MR) is 162 cm³/mol. The molecule has 2 unspecified atom stereocenters. The molecule has 6 saturated carbocycles. The maximum absolute atomic E-state index is 13.4. The summed E-state index contributed by atoms with van der Waals surface area (Å²) in [5.74, 6) is 4.91. The highest BCUT2D eigenvalue weighted by molar-refractivity contribution is 5.69. The van der Waals surface area contributed by atoms with Crippen LogP contribution in [0.4, 0.5) is 4.79 Å². The van der Waals surface area contributed by atoms with Crippen molar-refractivity contribution in [1.29, 1.82) is 0 Å². The molecule has 6 aliphatic carbocycles. The molecule has 0 saturated heterocycles. The number of amides is 1. The Morgan fingerprint density at radius 2 is 1.52 bits per heavy atom. The summed E-state index contributed by atoms with van der Waals surface area (Å²) in [5.41, 5.74) is 0.333. The molecule has 6 aliphatic rings. The average Bonchev–Trinajstić information content (AvgIpc) is 3.62. The molecule has 6 rings (SSSR count). The molecule has 40 heavy (non-hydrogen) atoms. The Hall–Kier alpha value is -0.770. The van der Waals surface area contributed by atoms with E-state index in [1.165, 1.54) is 57.8 Å². The van der Waals surface area contributed by atoms with E-state index in [1.54, 1.807) is 0 Å². The van der Waals surface area contributed by atoms with Crippen LogP contribution in [0.5, 0.6) is 0 Å². The van der Waals surface area contributed by atoms with Gasteiger partial charge < -0.3 is 15.2 Å². The maximum atomic E-state index is 13.4. The number of aliphatic hydroxyl groups excluding tert-OH is 1. The fourth-order valence-electron chi connectivity index (χ4n) is 12.9. The first-order chi connectivity index (χ1) is 18.5. The first-order valence-electron chi connectivity index (χ1n) is 17.2. The first kappa shape index (κ1) is 29.3. The molecule has 0 radical (unpaired) electrons. The maximum Gasteiger partial charge on any atom is 0.408 e. The smallest absolute Gasteiger partial charge is 0.408 e. The summed E-state index contributed by atoms with van der Waals surface area (Å²) < 4.78 is 5.90. The highest BCUT2D eigenvalue weighted by Gasteiger charge is 2.71. The lowest BCUT2D eigenvalue weighted by Crippen LogP contribution is -2.69. The zero-order chi connectivity index (χ0) is 29.1. The second-order valence-corrected chi connectivity index (χ2v) is 18.3. The van der Waals surface area contributed by atoms with E-state index in [0.717, 1.165) is 37.0 Å². The van der Waals surface area contributed by atoms with Gasteiger partial charge in [0.05, 0.1) is 6.10 Å². The molecule has 11 atom stereocenters. The predicted octanol–water partition coefficient (Wildman–Crippen LogP) is 8.75. The molecule has 4 nitrogen and oxygen atoms in total. The molecule has 6 fully saturated rings. The van der Waals surface area contributed by atoms with Gasteiger partial charge in [0.25, 0.3) is 0 Å². The van der Waals surface area contributed by atoms with Crippen molar-refractivity contribution in [3.8, 4) is 0 Å². The highest BCUT2D eigenvalue weighted by Crippen LogP contribution is 2.76. The van der Waals surface area contributed by atoms with Crippen LogP contribution in [0.3, 0.4) is 0 Å². The highest BCUT2D eigenvalue weighted by atomic mass is 16.6. The Morgan fingerprint density at radius 3 is 2.17 bits per heavy atom. The molecule has 0 heterocycles. The van der Waals surface area contributed by atoms with Crippen LogP contribution in [0.2, 0.25) is 0 Å². The van der Waals surface area contributed by atoms with Gasteiger partial charge in [-0.05, 0) is 161 Å². The molecular weight excluding hydrogens is 494 g/mol. The molecule has 4 heteroatoms. The number of carbonyl (C=O) groups excluding carboxylic acids is 1. The molecule has 0 aromatic carbocycles. The second-order valence-electron chi connectivity index (χ2n) is 18.3. The number of alkyl carbamates (subject to hydrolysis) is 1. The molecule has 0 aliphatic heterocycles. The van der Waals surface area contributed by atoms with Crippen LogP contribution < -0.4 is 5.32 Å². The summed E-state index contributed by atoms with van der Waals surface area (Å²) in [6, 6.07) is 0. The van der Waals surface area contributed by atoms with E-state index in [9.17, 15) is 9.90 Å². The average molecular weight is 556 g/mol. The van der Waals surface area contributed by atoms with Gasteiger partial charge in [0.2, 0.25) is 0 Å². The molecule has 0 spiro atoms. The minimum absolute atomic E-state index is 0.00137. The summed E-state index contributed by atoms with van der Waals surface area (Å²) in [4.78, 5) is 13.4. The van der Waals surface area contributed by atoms with Gasteiger partial charge >= 0.3 is 6.09 Å². The van der Waals surface area contributed by atoms with E-state index in [1.807, 2.05) is 20.8 Å². The number of carbonyl (C=O) groups is 1. The monoisotopic (exact) mass is 555 g/mol. The summed E-state index contributed by atoms with van der Waals surface area (Å²) in [5, 5.41) is 14.7. The van der Waals surface area contributed by atoms with Gasteiger partial charge in [0.1, 0.15) is 5.60 Å². The number of hydrogen-bond acceptors (Lipinski definition) is 3. The lowest BCUT2D eigenvalue weighted by Gasteiger charge is -2.73. The number of aliphatic hydroxyl groups is 1. The van der Waals surface area contributed by atoms with E-state index in [-0.39, 0.29) is 23.2 Å². The van der Waals surface area contributed by atoms with Crippen LogP contribution in [0.25, 0.3) is 0 Å². The van der Waals surface area contributed by atoms with E-state index in [0.29, 0.717) is 39.9 Å². The van der Waals surface area contributed by atoms with Crippen LogP contribution in [0.1, 0.15) is 139 Å². The van der Waals surface area contributed by atoms with Crippen LogP contribution >= 0.6 is 0 Å². The van der Waals surface area contributed by atoms with Gasteiger partial charge in [-0.25, -0.2) is 4.79 Å². The summed E-state index contributed by atoms with van der Waals surface area (Å²) in [7, 11) is 0. The van der Waals surface area contributed by atoms with Crippen LogP contribution in [-0.2, 0) is 4.74 Å². The van der Waals surface area contributed by atoms with Crippen molar-refractivity contribution in [2.75, 3.05) is 0 Å². The van der Waals surface area contributed by atoms with Crippen LogP contribution in [0, 0.1) is 63.1 Å². The molecular formula is C36H61NO3. The number of rotatable bonds is 3. The third-order valence-electron chi connectivity index (χ3n) is 15.3. The zero-order valence-corrected chi connectivity index (χ0v) is 27.4. The Labute approximate surface area is 245 Å². The number of nitrogens with one attached hydrogen (secondary N) is 1. The first-order valence-corrected chi connectivity index (χ1v) is 17.2. The normalized spacial score (nSPS) is 50.5. The SMILES string of the molecule is CC(C1CC1)[C@@H]1CCC2(NC(=O)OC(C)(C)C)CC[C@]3(C)[C@H](CC[C@@H]4[C@@]5(C)CC[C@H](O)C(C)(C)[C@@H]5CC[C@]43C)[C@@H]12. The summed E-state index contributed by atoms with van der Waals surface area (Å²) in [6.45, 7) is 21.2. The minimum atomic E-state index is -0.473. The quantitative estimate of drug-likeness (QED) is 0.366. The Morgan fingerprint density at radius 1 is 0.825 bits per heavy atom. The van der Waals surface area contributed by atoms with Crippen molar-refractivity contribution in [1.82, 2.24) is 5.32 Å². The molecule has 0 bridgehead atoms. The second kappa shape index (κ2) is 9.12. The topological polar surface area (TPSA) is 58.6 Å². The van der Waals surface area contributed by atoms with E-state index in [2.05, 4.69) is 46.9 Å². The fraction of sp³-hybridized carbons (Fsp3) is 0.972. The molecule has 0 aromatic rings. The summed E-state index contributed by atoms with van der Waals surface area (Å²) >= 11 is 0. The third kappa shape index (κ3) is 4.10. The molecule has 0 aromatic heterocycles. The van der Waals surface area contributed by atoms with Crippen molar-refractivity contribution in [2.24, 2.45) is 63.1 Å². The Bertz CT molecular complexity index is 1010. The summed E-state index contributed by atoms with van der Waals surface area (Å²) in [6.07, 6.45) is 14.4. The lowest BCUT2D eigenvalue weighted by molar-refractivity contribution is -0.244. The fourth-order valence-corrected chi connectivity index (χ4v) is 12.9. The van der Waals surface area contributed by atoms with Crippen molar-refractivity contribution < 1.29 is 14.6 Å². The van der Waals surface area contributed by atoms with Crippen molar-refractivity contribution in [3.05, 3.63) is 0 Å². The van der Waals surface area contributed by atoms with Crippen LogP contribution in [0.15, 0.2) is 0 Å². The minimum Gasteiger partial charge on any atom is -0.444 e. The molecule has 1 amide bonds. The lowest BCUT2D eigenvalue weighted by atomic mass is 9.32. The largest absolute Gasteiger partial charge is 0.444 e. The Balaban J connectivity index is 1.35.